The molecule has 0 aliphatic rings. The minimum atomic E-state index is 0.0362. The highest BCUT2D eigenvalue weighted by Gasteiger charge is 2.13. The molecule has 0 spiro atoms. The van der Waals surface area contributed by atoms with Crippen molar-refractivity contribution in [1.29, 1.82) is 0 Å². The number of hydrogen-bond acceptors (Lipinski definition) is 6. The topological polar surface area (TPSA) is 93.3 Å². The van der Waals surface area contributed by atoms with Gasteiger partial charge in [0.25, 0.3) is 0 Å². The summed E-state index contributed by atoms with van der Waals surface area (Å²) in [7, 11) is 0. The first-order valence-electron chi connectivity index (χ1n) is 9.02. The van der Waals surface area contributed by atoms with Crippen molar-refractivity contribution in [2.45, 2.75) is 26.4 Å². The number of nitrogens with zero attached hydrogens (tertiary/aromatic N) is 2. The Morgan fingerprint density at radius 1 is 1.11 bits per heavy atom. The molecule has 3 rings (SSSR count). The summed E-state index contributed by atoms with van der Waals surface area (Å²) in [6, 6.07) is 15.4. The summed E-state index contributed by atoms with van der Waals surface area (Å²) in [6.07, 6.45) is 0.668. The molecule has 0 bridgehead atoms. The minimum Gasteiger partial charge on any atom is -0.490 e. The largest absolute Gasteiger partial charge is 0.490 e. The van der Waals surface area contributed by atoms with Crippen LogP contribution in [0.4, 0.5) is 17.5 Å². The lowest BCUT2D eigenvalue weighted by Gasteiger charge is -2.15. The van der Waals surface area contributed by atoms with Crippen LogP contribution in [0.1, 0.15) is 19.4 Å². The summed E-state index contributed by atoms with van der Waals surface area (Å²) in [4.78, 5) is 8.68. The summed E-state index contributed by atoms with van der Waals surface area (Å²) in [5.41, 5.74) is 9.41. The lowest BCUT2D eigenvalue weighted by Crippen LogP contribution is -2.07. The second kappa shape index (κ2) is 9.03. The van der Waals surface area contributed by atoms with E-state index in [1.54, 1.807) is 0 Å². The fourth-order valence-electron chi connectivity index (χ4n) is 2.76. The molecule has 6 nitrogen and oxygen atoms in total. The van der Waals surface area contributed by atoms with Crippen molar-refractivity contribution in [1.82, 2.24) is 9.97 Å². The molecule has 28 heavy (non-hydrogen) atoms. The van der Waals surface area contributed by atoms with Gasteiger partial charge in [0.05, 0.1) is 11.8 Å². The number of aromatic nitrogens is 2. The third-order valence-electron chi connectivity index (χ3n) is 3.95. The molecule has 3 aromatic rings. The zero-order valence-corrected chi connectivity index (χ0v) is 17.4. The number of hydrogen-bond donors (Lipinski definition) is 3. The number of nitrogen functional groups attached to an aromatic ring is 1. The fourth-order valence-corrected chi connectivity index (χ4v) is 3.12. The van der Waals surface area contributed by atoms with E-state index < -0.39 is 0 Å². The number of rotatable bonds is 7. The number of halogens is 1. The van der Waals surface area contributed by atoms with Gasteiger partial charge in [-0.15, -0.1) is 0 Å². The number of anilines is 3. The Morgan fingerprint density at radius 3 is 2.54 bits per heavy atom. The van der Waals surface area contributed by atoms with Crippen molar-refractivity contribution in [3.8, 4) is 17.0 Å². The highest BCUT2D eigenvalue weighted by molar-refractivity contribution is 9.10. The fraction of sp³-hybridized carbons (Fsp3) is 0.238. The smallest absolute Gasteiger partial charge is 0.222 e. The first kappa shape index (κ1) is 20.1. The van der Waals surface area contributed by atoms with Crippen LogP contribution in [0.5, 0.6) is 5.75 Å². The molecule has 4 N–H and O–H groups in total. The van der Waals surface area contributed by atoms with Gasteiger partial charge in [0.1, 0.15) is 11.6 Å². The predicted octanol–water partition coefficient (Wildman–Crippen LogP) is 4.55. The standard InChI is InChI=1S/C21H23BrN4O2/c1-13(2)28-19-8-5-15(22)11-17(19)18-12-20(26-21(23)25-18)24-16-6-3-14(4-7-16)9-10-27/h3-8,11-13,27H,9-10H2,1-2H3,(H3,23,24,25,26). The molecule has 7 heteroatoms. The second-order valence-corrected chi connectivity index (χ2v) is 7.51. The summed E-state index contributed by atoms with van der Waals surface area (Å²) >= 11 is 3.51. The highest BCUT2D eigenvalue weighted by atomic mass is 79.9. The average Bonchev–Trinajstić information content (AvgIpc) is 2.64. The lowest BCUT2D eigenvalue weighted by molar-refractivity contribution is 0.243. The molecule has 0 aliphatic heterocycles. The quantitative estimate of drug-likeness (QED) is 0.496. The summed E-state index contributed by atoms with van der Waals surface area (Å²) in [5, 5.41) is 12.3. The van der Waals surface area contributed by atoms with Gasteiger partial charge in [-0.2, -0.15) is 4.98 Å². The van der Waals surface area contributed by atoms with Crippen LogP contribution in [-0.4, -0.2) is 27.8 Å². The van der Waals surface area contributed by atoms with Crippen molar-refractivity contribution in [2.75, 3.05) is 17.7 Å². The van der Waals surface area contributed by atoms with E-state index in [4.69, 9.17) is 15.6 Å². The maximum Gasteiger partial charge on any atom is 0.222 e. The monoisotopic (exact) mass is 442 g/mol. The molecule has 2 aromatic carbocycles. The van der Waals surface area contributed by atoms with Gasteiger partial charge < -0.3 is 20.9 Å². The van der Waals surface area contributed by atoms with E-state index in [0.717, 1.165) is 27.0 Å². The van der Waals surface area contributed by atoms with Crippen molar-refractivity contribution in [3.63, 3.8) is 0 Å². The minimum absolute atomic E-state index is 0.0362. The van der Waals surface area contributed by atoms with Gasteiger partial charge in [0.2, 0.25) is 5.95 Å². The number of nitrogens with one attached hydrogen (secondary N) is 1. The zero-order valence-electron chi connectivity index (χ0n) is 15.8. The second-order valence-electron chi connectivity index (χ2n) is 6.60. The van der Waals surface area contributed by atoms with E-state index in [1.807, 2.05) is 62.4 Å². The predicted molar refractivity (Wildman–Crippen MR) is 116 cm³/mol. The molecule has 1 heterocycles. The normalized spacial score (nSPS) is 10.9. The van der Waals surface area contributed by atoms with E-state index in [2.05, 4.69) is 31.2 Å². The molecule has 0 atom stereocenters. The van der Waals surface area contributed by atoms with Crippen LogP contribution in [0.25, 0.3) is 11.3 Å². The van der Waals surface area contributed by atoms with Crippen molar-refractivity contribution < 1.29 is 9.84 Å². The molecule has 0 amide bonds. The number of aliphatic hydroxyl groups excluding tert-OH is 1. The average molecular weight is 443 g/mol. The van der Waals surface area contributed by atoms with Gasteiger partial charge in [0.15, 0.2) is 0 Å². The maximum absolute atomic E-state index is 9.03. The Hall–Kier alpha value is -2.64. The van der Waals surface area contributed by atoms with Crippen molar-refractivity contribution in [2.24, 2.45) is 0 Å². The third kappa shape index (κ3) is 5.21. The van der Waals surface area contributed by atoms with Crippen LogP contribution < -0.4 is 15.8 Å². The van der Waals surface area contributed by atoms with Crippen molar-refractivity contribution in [3.05, 3.63) is 58.6 Å². The molecule has 0 saturated heterocycles. The van der Waals surface area contributed by atoms with E-state index in [1.165, 1.54) is 0 Å². The van der Waals surface area contributed by atoms with E-state index in [0.29, 0.717) is 17.9 Å². The Balaban J connectivity index is 1.93. The molecule has 0 fully saturated rings. The highest BCUT2D eigenvalue weighted by Crippen LogP contribution is 2.34. The Labute approximate surface area is 172 Å². The Bertz CT molecular complexity index is 946. The molecule has 1 aromatic heterocycles. The van der Waals surface area contributed by atoms with Gasteiger partial charge in [-0.05, 0) is 56.2 Å². The summed E-state index contributed by atoms with van der Waals surface area (Å²) in [6.45, 7) is 4.09. The van der Waals surface area contributed by atoms with Gasteiger partial charge in [-0.25, -0.2) is 4.98 Å². The number of benzene rings is 2. The molecular weight excluding hydrogens is 420 g/mol. The van der Waals surface area contributed by atoms with Crippen LogP contribution in [0.15, 0.2) is 53.0 Å². The Kier molecular flexibility index (Phi) is 6.49. The van der Waals surface area contributed by atoms with E-state index in [-0.39, 0.29) is 18.7 Å². The molecule has 0 radical (unpaired) electrons. The molecule has 0 saturated carbocycles. The third-order valence-corrected chi connectivity index (χ3v) is 4.44. The first-order valence-corrected chi connectivity index (χ1v) is 9.82. The summed E-state index contributed by atoms with van der Waals surface area (Å²) < 4.78 is 6.85. The molecule has 0 unspecified atom stereocenters. The molecular formula is C21H23BrN4O2. The van der Waals surface area contributed by atoms with Gasteiger partial charge in [-0.1, -0.05) is 28.1 Å². The van der Waals surface area contributed by atoms with Crippen LogP contribution in [-0.2, 0) is 6.42 Å². The Morgan fingerprint density at radius 2 is 1.86 bits per heavy atom. The van der Waals surface area contributed by atoms with E-state index >= 15 is 0 Å². The SMILES string of the molecule is CC(C)Oc1ccc(Br)cc1-c1cc(Nc2ccc(CCO)cc2)nc(N)n1. The van der Waals surface area contributed by atoms with Crippen LogP contribution in [0.2, 0.25) is 0 Å². The van der Waals surface area contributed by atoms with Crippen LogP contribution >= 0.6 is 15.9 Å². The lowest BCUT2D eigenvalue weighted by atomic mass is 10.1. The number of ether oxygens (including phenoxy) is 1. The zero-order chi connectivity index (χ0) is 20.1. The van der Waals surface area contributed by atoms with Gasteiger partial charge in [-0.3, -0.25) is 0 Å². The van der Waals surface area contributed by atoms with Gasteiger partial charge >= 0.3 is 0 Å². The maximum atomic E-state index is 9.03. The number of aliphatic hydroxyl groups is 1. The van der Waals surface area contributed by atoms with Crippen molar-refractivity contribution >= 4 is 33.4 Å². The molecule has 0 aliphatic carbocycles. The summed E-state index contributed by atoms with van der Waals surface area (Å²) in [5.74, 6) is 1.50. The van der Waals surface area contributed by atoms with Crippen LogP contribution in [0, 0.1) is 0 Å². The number of nitrogens with two attached hydrogens (primary N) is 1. The molecule has 146 valence electrons. The van der Waals surface area contributed by atoms with Crippen LogP contribution in [0.3, 0.4) is 0 Å². The first-order chi connectivity index (χ1) is 13.4. The van der Waals surface area contributed by atoms with E-state index in [9.17, 15) is 0 Å². The van der Waals surface area contributed by atoms with Gasteiger partial charge in [0, 0.05) is 28.4 Å².